The normalized spacial score (nSPS) is 13.4. The van der Waals surface area contributed by atoms with Gasteiger partial charge in [0, 0.05) is 23.8 Å². The van der Waals surface area contributed by atoms with Gasteiger partial charge in [-0.15, -0.1) is 0 Å². The Morgan fingerprint density at radius 3 is 2.00 bits per heavy atom. The molecule has 0 fully saturated rings. The molecule has 4 aromatic rings. The van der Waals surface area contributed by atoms with E-state index >= 15 is 0 Å². The van der Waals surface area contributed by atoms with E-state index < -0.39 is 0 Å². The first-order valence-corrected chi connectivity index (χ1v) is 10.6. The summed E-state index contributed by atoms with van der Waals surface area (Å²) < 4.78 is 0. The molecule has 5 rings (SSSR count). The average Bonchev–Trinajstić information content (AvgIpc) is 3.19. The molecule has 1 aliphatic rings. The van der Waals surface area contributed by atoms with Crippen molar-refractivity contribution in [1.82, 2.24) is 9.97 Å². The Morgan fingerprint density at radius 1 is 0.677 bits per heavy atom. The number of nitrogens with zero attached hydrogens (tertiary/aromatic N) is 4. The van der Waals surface area contributed by atoms with Crippen LogP contribution in [0.5, 0.6) is 0 Å². The van der Waals surface area contributed by atoms with Crippen molar-refractivity contribution in [1.29, 1.82) is 0 Å². The van der Waals surface area contributed by atoms with E-state index in [0.717, 1.165) is 23.0 Å². The Bertz CT molecular complexity index is 1210. The highest BCUT2D eigenvalue weighted by Gasteiger charge is 2.30. The van der Waals surface area contributed by atoms with Crippen molar-refractivity contribution in [3.63, 3.8) is 0 Å². The topological polar surface area (TPSA) is 32.3 Å². The van der Waals surface area contributed by atoms with Crippen LogP contribution in [0.1, 0.15) is 26.3 Å². The van der Waals surface area contributed by atoms with Gasteiger partial charge in [-0.3, -0.25) is 0 Å². The zero-order valence-corrected chi connectivity index (χ0v) is 18.2. The van der Waals surface area contributed by atoms with E-state index in [-0.39, 0.29) is 5.41 Å². The van der Waals surface area contributed by atoms with Crippen molar-refractivity contribution in [3.05, 3.63) is 96.8 Å². The lowest BCUT2D eigenvalue weighted by Gasteiger charge is -2.24. The highest BCUT2D eigenvalue weighted by Crippen LogP contribution is 2.42. The first-order chi connectivity index (χ1) is 15.0. The number of aromatic nitrogens is 2. The molecule has 0 N–H and O–H groups in total. The molecule has 2 heterocycles. The molecule has 0 atom stereocenters. The number of para-hydroxylation sites is 1. The molecule has 4 nitrogen and oxygen atoms in total. The number of benzene rings is 3. The van der Waals surface area contributed by atoms with Gasteiger partial charge in [0.2, 0.25) is 0 Å². The van der Waals surface area contributed by atoms with Gasteiger partial charge in [0.15, 0.2) is 11.6 Å². The summed E-state index contributed by atoms with van der Waals surface area (Å²) in [6, 6.07) is 27.8. The minimum Gasteiger partial charge on any atom is -0.305 e. The van der Waals surface area contributed by atoms with E-state index in [1.165, 1.54) is 16.7 Å². The number of fused-ring (bicyclic) bond motifs is 1. The van der Waals surface area contributed by atoms with Gasteiger partial charge in [0.05, 0.1) is 0 Å². The first-order valence-electron chi connectivity index (χ1n) is 10.6. The van der Waals surface area contributed by atoms with Gasteiger partial charge in [-0.25, -0.2) is 9.97 Å². The second-order valence-electron chi connectivity index (χ2n) is 8.88. The fourth-order valence-corrected chi connectivity index (χ4v) is 4.23. The van der Waals surface area contributed by atoms with Gasteiger partial charge in [0.1, 0.15) is 6.67 Å². The van der Waals surface area contributed by atoms with Gasteiger partial charge in [0.25, 0.3) is 0 Å². The van der Waals surface area contributed by atoms with Crippen LogP contribution in [0.15, 0.2) is 91.3 Å². The largest absolute Gasteiger partial charge is 0.305 e. The highest BCUT2D eigenvalue weighted by atomic mass is 15.4. The van der Waals surface area contributed by atoms with Crippen LogP contribution in [-0.2, 0) is 5.41 Å². The molecule has 1 aromatic heterocycles. The Hall–Kier alpha value is -3.66. The SMILES string of the molecule is CC(C)(C)c1ccccc1-c1cccc(N2CN(c3ccccc3)c3nccnc32)c1. The Balaban J connectivity index is 1.57. The zero-order chi connectivity index (χ0) is 21.4. The van der Waals surface area contributed by atoms with Crippen LogP contribution >= 0.6 is 0 Å². The fraction of sp³-hybridized carbons (Fsp3) is 0.185. The molecule has 4 heteroatoms. The lowest BCUT2D eigenvalue weighted by molar-refractivity contribution is 0.592. The van der Waals surface area contributed by atoms with Crippen LogP contribution in [0.2, 0.25) is 0 Å². The Morgan fingerprint density at radius 2 is 1.29 bits per heavy atom. The number of rotatable bonds is 3. The third-order valence-corrected chi connectivity index (χ3v) is 5.73. The van der Waals surface area contributed by atoms with Crippen molar-refractivity contribution in [2.45, 2.75) is 26.2 Å². The molecule has 31 heavy (non-hydrogen) atoms. The second-order valence-corrected chi connectivity index (χ2v) is 8.88. The maximum absolute atomic E-state index is 4.67. The lowest BCUT2D eigenvalue weighted by Crippen LogP contribution is -2.24. The molecule has 0 radical (unpaired) electrons. The number of hydrogen-bond acceptors (Lipinski definition) is 4. The van der Waals surface area contributed by atoms with E-state index in [1.54, 1.807) is 12.4 Å². The van der Waals surface area contributed by atoms with E-state index in [9.17, 15) is 0 Å². The molecule has 3 aromatic carbocycles. The summed E-state index contributed by atoms with van der Waals surface area (Å²) in [4.78, 5) is 13.8. The Kier molecular flexibility index (Phi) is 4.70. The molecule has 0 spiro atoms. The lowest BCUT2D eigenvalue weighted by atomic mass is 9.82. The van der Waals surface area contributed by atoms with Gasteiger partial charge in [-0.1, -0.05) is 75.4 Å². The predicted molar refractivity (Wildman–Crippen MR) is 128 cm³/mol. The first kappa shape index (κ1) is 19.3. The molecule has 154 valence electrons. The second kappa shape index (κ2) is 7.55. The van der Waals surface area contributed by atoms with Crippen molar-refractivity contribution in [2.75, 3.05) is 16.5 Å². The minimum absolute atomic E-state index is 0.0719. The van der Waals surface area contributed by atoms with Gasteiger partial charge < -0.3 is 9.80 Å². The molecule has 0 bridgehead atoms. The highest BCUT2D eigenvalue weighted by molar-refractivity contribution is 5.83. The van der Waals surface area contributed by atoms with Gasteiger partial charge in [-0.05, 0) is 46.4 Å². The van der Waals surface area contributed by atoms with Crippen LogP contribution in [0, 0.1) is 0 Å². The summed E-state index contributed by atoms with van der Waals surface area (Å²) in [5.41, 5.74) is 6.13. The van der Waals surface area contributed by atoms with E-state index in [0.29, 0.717) is 6.67 Å². The smallest absolute Gasteiger partial charge is 0.178 e. The maximum atomic E-state index is 4.67. The van der Waals surface area contributed by atoms with E-state index in [4.69, 9.17) is 0 Å². The summed E-state index contributed by atoms with van der Waals surface area (Å²) in [6.45, 7) is 7.47. The maximum Gasteiger partial charge on any atom is 0.178 e. The van der Waals surface area contributed by atoms with E-state index in [2.05, 4.69) is 113 Å². The quantitative estimate of drug-likeness (QED) is 0.379. The van der Waals surface area contributed by atoms with Crippen molar-refractivity contribution in [3.8, 4) is 11.1 Å². The van der Waals surface area contributed by atoms with Crippen molar-refractivity contribution >= 4 is 23.0 Å². The van der Waals surface area contributed by atoms with Crippen LogP contribution in [-0.4, -0.2) is 16.6 Å². The van der Waals surface area contributed by atoms with E-state index in [1.807, 2.05) is 6.07 Å². The summed E-state index contributed by atoms with van der Waals surface area (Å²) >= 11 is 0. The molecule has 0 saturated carbocycles. The molecule has 0 unspecified atom stereocenters. The van der Waals surface area contributed by atoms with Crippen LogP contribution in [0.25, 0.3) is 11.1 Å². The fourth-order valence-electron chi connectivity index (χ4n) is 4.23. The molecule has 0 amide bonds. The average molecular weight is 407 g/mol. The monoisotopic (exact) mass is 406 g/mol. The molecule has 1 aliphatic heterocycles. The number of hydrogen-bond donors (Lipinski definition) is 0. The Labute approximate surface area is 183 Å². The number of anilines is 4. The standard InChI is InChI=1S/C27H26N4/c1-27(2,3)24-15-8-7-14-23(24)20-10-9-13-22(18-20)31-19-30(21-11-5-4-6-12-21)25-26(31)29-17-16-28-25/h4-18H,19H2,1-3H3. The molecular weight excluding hydrogens is 380 g/mol. The third-order valence-electron chi connectivity index (χ3n) is 5.73. The molecule has 0 aliphatic carbocycles. The summed E-state index contributed by atoms with van der Waals surface area (Å²) in [5, 5.41) is 0. The summed E-state index contributed by atoms with van der Waals surface area (Å²) in [7, 11) is 0. The molecule has 0 saturated heterocycles. The van der Waals surface area contributed by atoms with Crippen molar-refractivity contribution < 1.29 is 0 Å². The third kappa shape index (κ3) is 3.55. The molecular formula is C27H26N4. The summed E-state index contributed by atoms with van der Waals surface area (Å²) in [6.07, 6.45) is 3.52. The van der Waals surface area contributed by atoms with Crippen LogP contribution in [0.3, 0.4) is 0 Å². The zero-order valence-electron chi connectivity index (χ0n) is 18.2. The summed E-state index contributed by atoms with van der Waals surface area (Å²) in [5.74, 6) is 1.77. The predicted octanol–water partition coefficient (Wildman–Crippen LogP) is 6.69. The minimum atomic E-state index is 0.0719. The van der Waals surface area contributed by atoms with Crippen molar-refractivity contribution in [2.24, 2.45) is 0 Å². The van der Waals surface area contributed by atoms with Gasteiger partial charge >= 0.3 is 0 Å². The van der Waals surface area contributed by atoms with Crippen LogP contribution in [0.4, 0.5) is 23.0 Å². The van der Waals surface area contributed by atoms with Gasteiger partial charge in [-0.2, -0.15) is 0 Å². The van der Waals surface area contributed by atoms with Crippen LogP contribution < -0.4 is 9.80 Å².